The largest absolute Gasteiger partial charge is 0.506 e. The molecule has 6 rings (SSSR count). The molecule has 0 spiro atoms. The van der Waals surface area contributed by atoms with Gasteiger partial charge in [0.1, 0.15) is 22.9 Å². The molecule has 6 aromatic rings. The third kappa shape index (κ3) is 6.54. The molecule has 0 amide bonds. The predicted octanol–water partition coefficient (Wildman–Crippen LogP) is 11.0. The molecular weight excluding hydrogens is 601 g/mol. The van der Waals surface area contributed by atoms with Crippen molar-refractivity contribution in [1.29, 1.82) is 0 Å². The van der Waals surface area contributed by atoms with Crippen molar-refractivity contribution in [3.05, 3.63) is 109 Å². The van der Waals surface area contributed by atoms with E-state index in [1.54, 1.807) is 12.1 Å². The highest BCUT2D eigenvalue weighted by molar-refractivity contribution is 6.89. The summed E-state index contributed by atoms with van der Waals surface area (Å²) in [4.78, 5) is 0. The monoisotopic (exact) mass is 638 g/mol. The molecule has 230 valence electrons. The first-order chi connectivity index (χ1) is 21.9. The van der Waals surface area contributed by atoms with Crippen LogP contribution < -0.4 is 10.4 Å². The van der Waals surface area contributed by atoms with E-state index >= 15 is 0 Å². The molecule has 0 aliphatic carbocycles. The SMILES string of the molecule is C[Si](C)(C)c1ccc2c(N=Nc3ccc(-c4ccc(N=Nc5c(O)ccc6cc([Si](C)(C)C)ccc56)cc4)cc3)c(O)ccc2c1. The Labute approximate surface area is 271 Å². The lowest BCUT2D eigenvalue weighted by molar-refractivity contribution is 0.476. The lowest BCUT2D eigenvalue weighted by Crippen LogP contribution is -2.37. The normalized spacial score (nSPS) is 12.6. The molecule has 0 unspecified atom stereocenters. The van der Waals surface area contributed by atoms with Crippen LogP contribution in [0.3, 0.4) is 0 Å². The van der Waals surface area contributed by atoms with Crippen LogP contribution >= 0.6 is 0 Å². The van der Waals surface area contributed by atoms with Crippen LogP contribution in [0, 0.1) is 0 Å². The van der Waals surface area contributed by atoms with Crippen LogP contribution in [-0.4, -0.2) is 26.4 Å². The fourth-order valence-electron chi connectivity index (χ4n) is 5.40. The van der Waals surface area contributed by atoms with E-state index in [2.05, 4.69) is 84.0 Å². The highest BCUT2D eigenvalue weighted by Crippen LogP contribution is 2.38. The van der Waals surface area contributed by atoms with Gasteiger partial charge in [-0.3, -0.25) is 0 Å². The summed E-state index contributed by atoms with van der Waals surface area (Å²) in [5, 5.41) is 45.5. The molecule has 6 aromatic carbocycles. The standard InChI is InChI=1S/C38H38N4O2Si2/c1-45(2,3)31-17-19-33-27(23-31)11-21-35(43)37(33)41-39-29-13-7-25(8-14-29)26-9-15-30(16-10-26)40-42-38-34-20-18-32(46(4,5)6)24-28(34)12-22-36(38)44/h7-24,43-44H,1-6H3. The second-order valence-corrected chi connectivity index (χ2v) is 23.9. The molecular formula is C38H38N4O2Si2. The maximum atomic E-state index is 10.6. The van der Waals surface area contributed by atoms with Crippen molar-refractivity contribution in [2.24, 2.45) is 20.5 Å². The molecule has 0 radical (unpaired) electrons. The zero-order valence-corrected chi connectivity index (χ0v) is 29.1. The number of nitrogens with zero attached hydrogens (tertiary/aromatic N) is 4. The number of phenolic OH excluding ortho intramolecular Hbond substituents is 2. The maximum Gasteiger partial charge on any atom is 0.143 e. The Kier molecular flexibility index (Phi) is 8.18. The number of hydrogen-bond donors (Lipinski definition) is 2. The van der Waals surface area contributed by atoms with Gasteiger partial charge in [0.2, 0.25) is 0 Å². The van der Waals surface area contributed by atoms with Gasteiger partial charge in [-0.25, -0.2) is 0 Å². The van der Waals surface area contributed by atoms with Crippen LogP contribution in [0.1, 0.15) is 0 Å². The smallest absolute Gasteiger partial charge is 0.143 e. The van der Waals surface area contributed by atoms with Crippen LogP contribution in [-0.2, 0) is 0 Å². The van der Waals surface area contributed by atoms with E-state index in [1.165, 1.54) is 10.4 Å². The number of phenols is 2. The molecule has 0 aliphatic rings. The second-order valence-electron chi connectivity index (χ2n) is 13.7. The van der Waals surface area contributed by atoms with Gasteiger partial charge in [0.15, 0.2) is 0 Å². The van der Waals surface area contributed by atoms with Crippen molar-refractivity contribution < 1.29 is 10.2 Å². The van der Waals surface area contributed by atoms with Crippen molar-refractivity contribution in [3.8, 4) is 22.6 Å². The number of aromatic hydroxyl groups is 2. The zero-order valence-electron chi connectivity index (χ0n) is 27.1. The van der Waals surface area contributed by atoms with Crippen molar-refractivity contribution in [1.82, 2.24) is 0 Å². The van der Waals surface area contributed by atoms with Crippen LogP contribution in [0.15, 0.2) is 130 Å². The summed E-state index contributed by atoms with van der Waals surface area (Å²) >= 11 is 0. The van der Waals surface area contributed by atoms with E-state index in [4.69, 9.17) is 0 Å². The minimum atomic E-state index is -1.46. The number of azo groups is 2. The van der Waals surface area contributed by atoms with Gasteiger partial charge in [-0.05, 0) is 58.3 Å². The first-order valence-electron chi connectivity index (χ1n) is 15.4. The van der Waals surface area contributed by atoms with Gasteiger partial charge in [-0.2, -0.15) is 10.2 Å². The summed E-state index contributed by atoms with van der Waals surface area (Å²) in [6.07, 6.45) is 0. The average molecular weight is 639 g/mol. The van der Waals surface area contributed by atoms with Gasteiger partial charge in [0, 0.05) is 10.8 Å². The summed E-state index contributed by atoms with van der Waals surface area (Å²) in [5.74, 6) is 0.218. The number of benzene rings is 6. The van der Waals surface area contributed by atoms with Crippen molar-refractivity contribution in [2.45, 2.75) is 39.3 Å². The van der Waals surface area contributed by atoms with Crippen LogP contribution in [0.4, 0.5) is 22.7 Å². The molecule has 0 aliphatic heterocycles. The summed E-state index contributed by atoms with van der Waals surface area (Å²) in [6, 6.07) is 35.7. The second kappa shape index (κ2) is 12.1. The van der Waals surface area contributed by atoms with E-state index in [0.717, 1.165) is 32.7 Å². The molecule has 0 atom stereocenters. The Balaban J connectivity index is 1.19. The summed E-state index contributed by atoms with van der Waals surface area (Å²) < 4.78 is 0. The van der Waals surface area contributed by atoms with Gasteiger partial charge in [0.25, 0.3) is 0 Å². The third-order valence-corrected chi connectivity index (χ3v) is 12.4. The van der Waals surface area contributed by atoms with Gasteiger partial charge in [0.05, 0.1) is 27.5 Å². The van der Waals surface area contributed by atoms with Crippen LogP contribution in [0.5, 0.6) is 11.5 Å². The van der Waals surface area contributed by atoms with Crippen LogP contribution in [0.2, 0.25) is 39.3 Å². The fraction of sp³-hybridized carbons (Fsp3) is 0.158. The molecule has 0 saturated heterocycles. The molecule has 0 saturated carbocycles. The van der Waals surface area contributed by atoms with Crippen molar-refractivity contribution >= 4 is 70.8 Å². The fourth-order valence-corrected chi connectivity index (χ4v) is 7.75. The number of rotatable bonds is 7. The van der Waals surface area contributed by atoms with Gasteiger partial charge < -0.3 is 10.2 Å². The van der Waals surface area contributed by atoms with E-state index in [0.29, 0.717) is 22.7 Å². The Morgan fingerprint density at radius 1 is 0.413 bits per heavy atom. The summed E-state index contributed by atoms with van der Waals surface area (Å²) in [5.41, 5.74) is 4.38. The Morgan fingerprint density at radius 3 is 1.13 bits per heavy atom. The lowest BCUT2D eigenvalue weighted by Gasteiger charge is -2.17. The highest BCUT2D eigenvalue weighted by atomic mass is 28.3. The van der Waals surface area contributed by atoms with Crippen molar-refractivity contribution in [3.63, 3.8) is 0 Å². The van der Waals surface area contributed by atoms with E-state index < -0.39 is 16.1 Å². The summed E-state index contributed by atoms with van der Waals surface area (Å²) in [6.45, 7) is 13.9. The highest BCUT2D eigenvalue weighted by Gasteiger charge is 2.19. The minimum Gasteiger partial charge on any atom is -0.506 e. The zero-order chi connectivity index (χ0) is 32.6. The van der Waals surface area contributed by atoms with E-state index in [1.807, 2.05) is 72.8 Å². The van der Waals surface area contributed by atoms with Crippen molar-refractivity contribution in [2.75, 3.05) is 0 Å². The topological polar surface area (TPSA) is 89.9 Å². The molecule has 46 heavy (non-hydrogen) atoms. The first-order valence-corrected chi connectivity index (χ1v) is 22.4. The molecule has 0 heterocycles. The van der Waals surface area contributed by atoms with E-state index in [-0.39, 0.29) is 11.5 Å². The van der Waals surface area contributed by atoms with Gasteiger partial charge in [-0.15, -0.1) is 10.2 Å². The quantitative estimate of drug-likeness (QED) is 0.135. The number of fused-ring (bicyclic) bond motifs is 2. The molecule has 8 heteroatoms. The van der Waals surface area contributed by atoms with Gasteiger partial charge >= 0.3 is 0 Å². The first kappa shape index (κ1) is 31.1. The third-order valence-electron chi connectivity index (χ3n) is 8.27. The molecule has 0 fully saturated rings. The lowest BCUT2D eigenvalue weighted by atomic mass is 10.1. The predicted molar refractivity (Wildman–Crippen MR) is 197 cm³/mol. The molecule has 0 bridgehead atoms. The maximum absolute atomic E-state index is 10.6. The van der Waals surface area contributed by atoms with Gasteiger partial charge in [-0.1, -0.05) is 122 Å². The Morgan fingerprint density at radius 2 is 0.783 bits per heavy atom. The summed E-state index contributed by atoms with van der Waals surface area (Å²) in [7, 11) is -2.92. The average Bonchev–Trinajstić information content (AvgIpc) is 3.03. The van der Waals surface area contributed by atoms with E-state index in [9.17, 15) is 10.2 Å². The number of hydrogen-bond acceptors (Lipinski definition) is 6. The minimum absolute atomic E-state index is 0.109. The molecule has 6 nitrogen and oxygen atoms in total. The van der Waals surface area contributed by atoms with Crippen LogP contribution in [0.25, 0.3) is 32.7 Å². The Hall–Kier alpha value is -4.93. The Bertz CT molecular complexity index is 1970. The molecule has 0 aromatic heterocycles. The molecule has 2 N–H and O–H groups in total.